The predicted octanol–water partition coefficient (Wildman–Crippen LogP) is 0.548. The number of nitrogens with one attached hydrogen (secondary N) is 1. The quantitative estimate of drug-likeness (QED) is 0.282. The van der Waals surface area contributed by atoms with Crippen molar-refractivity contribution in [3.8, 4) is 0 Å². The Kier molecular flexibility index (Phi) is 5.16. The summed E-state index contributed by atoms with van der Waals surface area (Å²) in [6.45, 7) is 3.03. The molecule has 1 heterocycles. The summed E-state index contributed by atoms with van der Waals surface area (Å²) in [7, 11) is 0. The highest BCUT2D eigenvalue weighted by Gasteiger charge is 2.32. The number of unbranched alkanes of at least 4 members (excludes halogenated alkanes) is 1. The zero-order valence-corrected chi connectivity index (χ0v) is 12.1. The Hall–Kier alpha value is -2.08. The molecular weight excluding hydrogens is 272 g/mol. The molecule has 1 aliphatic heterocycles. The zero-order chi connectivity index (χ0) is 15.2. The highest BCUT2D eigenvalue weighted by atomic mass is 16.8. The molecule has 0 radical (unpaired) electrons. The Morgan fingerprint density at radius 2 is 2.24 bits per heavy atom. The average molecular weight is 292 g/mol. The molecule has 6 heteroatoms. The maximum atomic E-state index is 11.4. The van der Waals surface area contributed by atoms with Gasteiger partial charge in [-0.3, -0.25) is 9.69 Å². The molecule has 2 unspecified atom stereocenters. The molecule has 21 heavy (non-hydrogen) atoms. The molecule has 0 aliphatic carbocycles. The lowest BCUT2D eigenvalue weighted by atomic mass is 9.98. The van der Waals surface area contributed by atoms with Crippen molar-refractivity contribution >= 4 is 12.2 Å². The molecule has 114 valence electrons. The van der Waals surface area contributed by atoms with E-state index in [1.807, 2.05) is 18.2 Å². The van der Waals surface area contributed by atoms with Crippen molar-refractivity contribution in [3.63, 3.8) is 0 Å². The molecule has 2 atom stereocenters. The Morgan fingerprint density at radius 3 is 2.95 bits per heavy atom. The van der Waals surface area contributed by atoms with Gasteiger partial charge in [0.25, 0.3) is 6.23 Å². The van der Waals surface area contributed by atoms with Crippen molar-refractivity contribution in [2.45, 2.75) is 32.4 Å². The van der Waals surface area contributed by atoms with Crippen molar-refractivity contribution in [1.82, 2.24) is 0 Å². The van der Waals surface area contributed by atoms with Gasteiger partial charge in [-0.1, -0.05) is 18.2 Å². The number of fused-ring (bicyclic) bond motifs is 1. The fourth-order valence-electron chi connectivity index (χ4n) is 2.76. The highest BCUT2D eigenvalue weighted by Crippen LogP contribution is 2.20. The van der Waals surface area contributed by atoms with Gasteiger partial charge in [-0.25, -0.2) is 0 Å². The number of hydrogen-bond donors (Lipinski definition) is 1. The van der Waals surface area contributed by atoms with Gasteiger partial charge >= 0.3 is 5.97 Å². The number of rotatable bonds is 5. The van der Waals surface area contributed by atoms with E-state index in [4.69, 9.17) is 4.74 Å². The smallest absolute Gasteiger partial charge is 0.307 e. The molecule has 1 aromatic carbocycles. The fraction of sp³-hybridized carbons (Fsp3) is 0.467. The Balaban J connectivity index is 2.06. The molecule has 0 fully saturated rings. The van der Waals surface area contributed by atoms with Gasteiger partial charge in [0.05, 0.1) is 18.7 Å². The van der Waals surface area contributed by atoms with Gasteiger partial charge in [-0.2, -0.15) is 4.90 Å². The minimum atomic E-state index is -0.412. The first-order valence-corrected chi connectivity index (χ1v) is 7.14. The van der Waals surface area contributed by atoms with E-state index in [1.165, 1.54) is 12.5 Å². The summed E-state index contributed by atoms with van der Waals surface area (Å²) in [6, 6.07) is 7.98. The normalized spacial score (nSPS) is 20.4. The third-order valence-corrected chi connectivity index (χ3v) is 3.69. The molecule has 0 bridgehead atoms. The largest absolute Gasteiger partial charge is 0.613 e. The van der Waals surface area contributed by atoms with Crippen LogP contribution in [-0.4, -0.2) is 30.2 Å². The molecule has 0 spiro atoms. The molecular formula is C15H20N2O4. The van der Waals surface area contributed by atoms with Crippen LogP contribution in [0.4, 0.5) is 0 Å². The van der Waals surface area contributed by atoms with E-state index in [1.54, 1.807) is 0 Å². The Labute approximate surface area is 123 Å². The van der Waals surface area contributed by atoms with E-state index in [-0.39, 0.29) is 12.2 Å². The van der Waals surface area contributed by atoms with Gasteiger partial charge in [0, 0.05) is 26.2 Å². The minimum Gasteiger partial charge on any atom is -0.613 e. The molecule has 1 aromatic rings. The fourth-order valence-corrected chi connectivity index (χ4v) is 2.76. The van der Waals surface area contributed by atoms with Crippen LogP contribution >= 0.6 is 0 Å². The van der Waals surface area contributed by atoms with E-state index in [2.05, 4.69) is 6.07 Å². The van der Waals surface area contributed by atoms with Crippen molar-refractivity contribution in [2.24, 2.45) is 0 Å². The van der Waals surface area contributed by atoms with Crippen LogP contribution in [0.5, 0.6) is 0 Å². The van der Waals surface area contributed by atoms with Crippen LogP contribution in [0.2, 0.25) is 0 Å². The van der Waals surface area contributed by atoms with E-state index in [0.29, 0.717) is 12.8 Å². The van der Waals surface area contributed by atoms with Crippen molar-refractivity contribution in [3.05, 3.63) is 45.8 Å². The number of quaternary nitrogens is 1. The maximum absolute atomic E-state index is 11.4. The van der Waals surface area contributed by atoms with Crippen LogP contribution < -0.4 is 4.90 Å². The first kappa shape index (κ1) is 15.3. The summed E-state index contributed by atoms with van der Waals surface area (Å²) in [4.78, 5) is 12.1. The number of carbonyl (C=O) groups is 1. The number of esters is 1. The Morgan fingerprint density at radius 1 is 1.48 bits per heavy atom. The molecule has 0 saturated heterocycles. The summed E-state index contributed by atoms with van der Waals surface area (Å²) in [6.07, 6.45) is 2.85. The Bertz CT molecular complexity index is 526. The molecule has 0 aromatic heterocycles. The number of nitrogens with zero attached hydrogens (tertiary/aromatic N) is 1. The van der Waals surface area contributed by atoms with Crippen molar-refractivity contribution < 1.29 is 19.3 Å². The van der Waals surface area contributed by atoms with Gasteiger partial charge in [0.15, 0.2) is 6.21 Å². The lowest BCUT2D eigenvalue weighted by Crippen LogP contribution is -3.13. The molecule has 2 rings (SSSR count). The molecule has 1 N–H and O–H groups in total. The van der Waals surface area contributed by atoms with E-state index in [0.717, 1.165) is 36.2 Å². The summed E-state index contributed by atoms with van der Waals surface area (Å²) in [5, 5.41) is 20.6. The zero-order valence-electron chi connectivity index (χ0n) is 12.1. The van der Waals surface area contributed by atoms with Gasteiger partial charge in [0.1, 0.15) is 0 Å². The standard InChI is InChI=1S/C15H19N2O4/c1-12(18)21-15-14-7-3-2-6-13(14)8-11-16(15)9-4-5-10-17(19)20/h2-3,6-7,10,15H,4-5,8-9,11H2,1H3/q-1/p+1. The lowest BCUT2D eigenvalue weighted by Gasteiger charge is -2.33. The first-order chi connectivity index (χ1) is 10.1. The third kappa shape index (κ3) is 4.19. The molecule has 6 nitrogen and oxygen atoms in total. The van der Waals surface area contributed by atoms with Crippen molar-refractivity contribution in [2.75, 3.05) is 13.1 Å². The van der Waals surface area contributed by atoms with Crippen LogP contribution in [0, 0.1) is 10.4 Å². The summed E-state index contributed by atoms with van der Waals surface area (Å²) < 4.78 is 5.49. The van der Waals surface area contributed by atoms with Crippen molar-refractivity contribution in [1.29, 1.82) is 0 Å². The second kappa shape index (κ2) is 7.08. The summed E-state index contributed by atoms with van der Waals surface area (Å²) in [5.41, 5.74) is 2.26. The molecule has 1 aliphatic rings. The van der Waals surface area contributed by atoms with Crippen LogP contribution in [0.1, 0.15) is 37.1 Å². The maximum Gasteiger partial charge on any atom is 0.307 e. The van der Waals surface area contributed by atoms with Crippen LogP contribution in [0.3, 0.4) is 0 Å². The van der Waals surface area contributed by atoms with Gasteiger partial charge < -0.3 is 15.2 Å². The second-order valence-electron chi connectivity index (χ2n) is 5.21. The minimum absolute atomic E-state index is 0.300. The summed E-state index contributed by atoms with van der Waals surface area (Å²) >= 11 is 0. The lowest BCUT2D eigenvalue weighted by molar-refractivity contribution is -0.955. The average Bonchev–Trinajstić information content (AvgIpc) is 2.44. The third-order valence-electron chi connectivity index (χ3n) is 3.69. The number of carbonyl (C=O) groups excluding carboxylic acids is 1. The van der Waals surface area contributed by atoms with Gasteiger partial charge in [-0.15, -0.1) is 0 Å². The molecule has 0 saturated carbocycles. The van der Waals surface area contributed by atoms with E-state index >= 15 is 0 Å². The van der Waals surface area contributed by atoms with Crippen LogP contribution in [0.15, 0.2) is 24.3 Å². The van der Waals surface area contributed by atoms with Crippen LogP contribution in [0.25, 0.3) is 0 Å². The van der Waals surface area contributed by atoms with Crippen LogP contribution in [-0.2, 0) is 16.0 Å². The van der Waals surface area contributed by atoms with Gasteiger partial charge in [0.2, 0.25) is 0 Å². The molecule has 0 amide bonds. The second-order valence-corrected chi connectivity index (χ2v) is 5.21. The van der Waals surface area contributed by atoms with E-state index in [9.17, 15) is 15.2 Å². The monoisotopic (exact) mass is 292 g/mol. The number of ether oxygens (including phenoxy) is 1. The van der Waals surface area contributed by atoms with Gasteiger partial charge in [-0.05, 0) is 11.6 Å². The number of benzene rings is 1. The topological polar surface area (TPSA) is 79.9 Å². The number of hydrogen-bond acceptors (Lipinski definition) is 4. The predicted molar refractivity (Wildman–Crippen MR) is 77.6 cm³/mol. The highest BCUT2D eigenvalue weighted by molar-refractivity contribution is 5.66. The first-order valence-electron chi connectivity index (χ1n) is 7.14. The van der Waals surface area contributed by atoms with E-state index < -0.39 is 4.90 Å². The summed E-state index contributed by atoms with van der Waals surface area (Å²) in [5.74, 6) is -0.300. The SMILES string of the molecule is CC(=O)OC1c2ccccc2CC[NH+]1CCCC=[N+]([O-])[O-].